The van der Waals surface area contributed by atoms with Crippen LogP contribution >= 0.6 is 0 Å². The molecule has 0 aliphatic heterocycles. The Labute approximate surface area is 124 Å². The number of hydrogen-bond acceptors (Lipinski definition) is 3. The van der Waals surface area contributed by atoms with Crippen molar-refractivity contribution in [3.63, 3.8) is 0 Å². The minimum absolute atomic E-state index is 0.0411. The minimum atomic E-state index is -0.873. The summed E-state index contributed by atoms with van der Waals surface area (Å²) in [5.74, 6) is -1.40. The van der Waals surface area contributed by atoms with Crippen molar-refractivity contribution in [3.05, 3.63) is 29.8 Å². The molecule has 0 aliphatic rings. The van der Waals surface area contributed by atoms with E-state index in [2.05, 4.69) is 0 Å². The average molecular weight is 291 g/mol. The molecular weight excluding hydrogens is 270 g/mol. The highest BCUT2D eigenvalue weighted by atomic mass is 16.4. The van der Waals surface area contributed by atoms with E-state index in [-0.39, 0.29) is 31.1 Å². The van der Waals surface area contributed by atoms with Crippen LogP contribution in [-0.2, 0) is 14.4 Å². The van der Waals surface area contributed by atoms with Gasteiger partial charge in [0, 0.05) is 19.3 Å². The summed E-state index contributed by atoms with van der Waals surface area (Å²) in [6.07, 6.45) is 1.36. The molecule has 0 aliphatic carbocycles. The molecule has 5 heteroatoms. The Hall–Kier alpha value is -2.17. The molecule has 0 spiro atoms. The third-order valence-corrected chi connectivity index (χ3v) is 3.09. The number of rotatable bonds is 7. The van der Waals surface area contributed by atoms with Crippen molar-refractivity contribution in [3.8, 4) is 0 Å². The highest BCUT2D eigenvalue weighted by Crippen LogP contribution is 2.19. The largest absolute Gasteiger partial charge is 0.481 e. The number of anilines is 1. The van der Waals surface area contributed by atoms with Crippen molar-refractivity contribution in [1.82, 2.24) is 0 Å². The van der Waals surface area contributed by atoms with Gasteiger partial charge in [-0.2, -0.15) is 0 Å². The maximum Gasteiger partial charge on any atom is 0.303 e. The Morgan fingerprint density at radius 2 is 1.76 bits per heavy atom. The maximum absolute atomic E-state index is 12.3. The summed E-state index contributed by atoms with van der Waals surface area (Å²) in [7, 11) is 0. The molecule has 0 atom stereocenters. The molecule has 114 valence electrons. The van der Waals surface area contributed by atoms with E-state index in [4.69, 9.17) is 5.11 Å². The molecule has 1 rings (SSSR count). The van der Waals surface area contributed by atoms with Gasteiger partial charge in [-0.15, -0.1) is 0 Å². The zero-order valence-corrected chi connectivity index (χ0v) is 12.5. The van der Waals surface area contributed by atoms with Crippen LogP contribution in [0.1, 0.15) is 44.6 Å². The number of aryl methyl sites for hydroxylation is 1. The Bertz CT molecular complexity index is 525. The van der Waals surface area contributed by atoms with E-state index < -0.39 is 5.97 Å². The molecule has 0 heterocycles. The number of hydrogen-bond donors (Lipinski definition) is 1. The van der Waals surface area contributed by atoms with Crippen LogP contribution in [0.2, 0.25) is 0 Å². The number of carboxylic acids is 1. The van der Waals surface area contributed by atoms with Crippen molar-refractivity contribution >= 4 is 23.5 Å². The Kier molecular flexibility index (Phi) is 6.59. The summed E-state index contributed by atoms with van der Waals surface area (Å²) in [6.45, 7) is 3.61. The first-order valence-corrected chi connectivity index (χ1v) is 7.10. The monoisotopic (exact) mass is 291 g/mol. The second-order valence-electron chi connectivity index (χ2n) is 4.92. The van der Waals surface area contributed by atoms with Crippen LogP contribution in [0.5, 0.6) is 0 Å². The molecule has 1 aromatic carbocycles. The molecular formula is C16H21NO4. The SMILES string of the molecule is CCC(=O)N(C(=O)CCCCC(=O)O)c1cccc(C)c1. The molecule has 0 fully saturated rings. The highest BCUT2D eigenvalue weighted by molar-refractivity contribution is 6.14. The second kappa shape index (κ2) is 8.19. The molecule has 1 N–H and O–H groups in total. The van der Waals surface area contributed by atoms with Gasteiger partial charge in [0.25, 0.3) is 0 Å². The maximum atomic E-state index is 12.3. The predicted molar refractivity (Wildman–Crippen MR) is 80.1 cm³/mol. The molecule has 0 bridgehead atoms. The Morgan fingerprint density at radius 3 is 2.33 bits per heavy atom. The minimum Gasteiger partial charge on any atom is -0.481 e. The van der Waals surface area contributed by atoms with E-state index in [9.17, 15) is 14.4 Å². The number of imide groups is 1. The fourth-order valence-electron chi connectivity index (χ4n) is 2.02. The predicted octanol–water partition coefficient (Wildman–Crippen LogP) is 2.91. The Morgan fingerprint density at radius 1 is 1.10 bits per heavy atom. The molecule has 1 aromatic rings. The summed E-state index contributed by atoms with van der Waals surface area (Å²) in [4.78, 5) is 35.9. The third-order valence-electron chi connectivity index (χ3n) is 3.09. The van der Waals surface area contributed by atoms with Crippen LogP contribution in [0.4, 0.5) is 5.69 Å². The van der Waals surface area contributed by atoms with Crippen LogP contribution in [0.3, 0.4) is 0 Å². The topological polar surface area (TPSA) is 74.7 Å². The van der Waals surface area contributed by atoms with Gasteiger partial charge in [-0.3, -0.25) is 19.3 Å². The number of carboxylic acid groups (broad SMARTS) is 1. The van der Waals surface area contributed by atoms with Gasteiger partial charge >= 0.3 is 5.97 Å². The summed E-state index contributed by atoms with van der Waals surface area (Å²) in [6, 6.07) is 7.23. The summed E-state index contributed by atoms with van der Waals surface area (Å²) in [5, 5.41) is 8.57. The zero-order valence-electron chi connectivity index (χ0n) is 12.5. The van der Waals surface area contributed by atoms with Gasteiger partial charge in [0.1, 0.15) is 0 Å². The molecule has 0 unspecified atom stereocenters. The molecule has 5 nitrogen and oxygen atoms in total. The molecule has 0 radical (unpaired) electrons. The number of carbonyl (C=O) groups is 3. The first-order valence-electron chi connectivity index (χ1n) is 7.10. The lowest BCUT2D eigenvalue weighted by atomic mass is 10.1. The van der Waals surface area contributed by atoms with E-state index in [1.54, 1.807) is 25.1 Å². The van der Waals surface area contributed by atoms with E-state index >= 15 is 0 Å². The van der Waals surface area contributed by atoms with Crippen LogP contribution in [0, 0.1) is 6.92 Å². The van der Waals surface area contributed by atoms with Gasteiger partial charge in [0.05, 0.1) is 5.69 Å². The van der Waals surface area contributed by atoms with Gasteiger partial charge < -0.3 is 5.11 Å². The molecule has 0 saturated carbocycles. The molecule has 0 saturated heterocycles. The van der Waals surface area contributed by atoms with Crippen molar-refractivity contribution in [2.24, 2.45) is 0 Å². The number of aliphatic carboxylic acids is 1. The standard InChI is InChI=1S/C16H21NO4/c1-3-14(18)17(13-8-6-7-12(2)11-13)15(19)9-4-5-10-16(20)21/h6-8,11H,3-5,9-10H2,1-2H3,(H,20,21). The van der Waals surface area contributed by atoms with Gasteiger partial charge in [0.15, 0.2) is 0 Å². The normalized spacial score (nSPS) is 10.2. The van der Waals surface area contributed by atoms with Gasteiger partial charge in [0.2, 0.25) is 11.8 Å². The lowest BCUT2D eigenvalue weighted by molar-refractivity contribution is -0.137. The second-order valence-corrected chi connectivity index (χ2v) is 4.92. The zero-order chi connectivity index (χ0) is 15.8. The number of carbonyl (C=O) groups excluding carboxylic acids is 2. The van der Waals surface area contributed by atoms with E-state index in [1.165, 1.54) is 4.90 Å². The molecule has 2 amide bonds. The number of benzene rings is 1. The lowest BCUT2D eigenvalue weighted by Gasteiger charge is -2.21. The van der Waals surface area contributed by atoms with E-state index in [0.29, 0.717) is 18.5 Å². The van der Waals surface area contributed by atoms with Crippen molar-refractivity contribution < 1.29 is 19.5 Å². The van der Waals surface area contributed by atoms with E-state index in [0.717, 1.165) is 5.56 Å². The van der Waals surface area contributed by atoms with Crippen molar-refractivity contribution in [2.45, 2.75) is 46.0 Å². The Balaban J connectivity index is 2.76. The van der Waals surface area contributed by atoms with Gasteiger partial charge in [-0.1, -0.05) is 19.1 Å². The fraction of sp³-hybridized carbons (Fsp3) is 0.438. The average Bonchev–Trinajstić information content (AvgIpc) is 2.43. The van der Waals surface area contributed by atoms with Crippen molar-refractivity contribution in [1.29, 1.82) is 0 Å². The number of amides is 2. The van der Waals surface area contributed by atoms with E-state index in [1.807, 2.05) is 13.0 Å². The van der Waals surface area contributed by atoms with Crippen LogP contribution < -0.4 is 4.90 Å². The number of nitrogens with zero attached hydrogens (tertiary/aromatic N) is 1. The summed E-state index contributed by atoms with van der Waals surface area (Å²) < 4.78 is 0. The highest BCUT2D eigenvalue weighted by Gasteiger charge is 2.21. The van der Waals surface area contributed by atoms with Crippen molar-refractivity contribution in [2.75, 3.05) is 4.90 Å². The third kappa shape index (κ3) is 5.38. The molecule has 0 aromatic heterocycles. The van der Waals surface area contributed by atoms with Crippen LogP contribution in [-0.4, -0.2) is 22.9 Å². The van der Waals surface area contributed by atoms with Crippen LogP contribution in [0.15, 0.2) is 24.3 Å². The smallest absolute Gasteiger partial charge is 0.303 e. The molecule has 21 heavy (non-hydrogen) atoms. The first-order chi connectivity index (χ1) is 9.95. The van der Waals surface area contributed by atoms with Gasteiger partial charge in [-0.05, 0) is 37.5 Å². The first kappa shape index (κ1) is 16.9. The van der Waals surface area contributed by atoms with Crippen LogP contribution in [0.25, 0.3) is 0 Å². The van der Waals surface area contributed by atoms with Gasteiger partial charge in [-0.25, -0.2) is 0 Å². The lowest BCUT2D eigenvalue weighted by Crippen LogP contribution is -2.36. The summed E-state index contributed by atoms with van der Waals surface area (Å²) in [5.41, 5.74) is 1.55. The quantitative estimate of drug-likeness (QED) is 0.784. The number of unbranched alkanes of at least 4 members (excludes halogenated alkanes) is 1. The fourth-order valence-corrected chi connectivity index (χ4v) is 2.02. The summed E-state index contributed by atoms with van der Waals surface area (Å²) >= 11 is 0.